The van der Waals surface area contributed by atoms with Gasteiger partial charge in [-0.2, -0.15) is 0 Å². The lowest BCUT2D eigenvalue weighted by molar-refractivity contribution is -0.443. The predicted molar refractivity (Wildman–Crippen MR) is 129 cm³/mol. The largest absolute Gasteiger partial charge is 0.486 e. The van der Waals surface area contributed by atoms with Crippen molar-refractivity contribution in [2.75, 3.05) is 20.8 Å². The summed E-state index contributed by atoms with van der Waals surface area (Å²) < 4.78 is 43.0. The van der Waals surface area contributed by atoms with Crippen molar-refractivity contribution in [1.82, 2.24) is 0 Å². The van der Waals surface area contributed by atoms with E-state index in [9.17, 15) is 0 Å². The zero-order valence-corrected chi connectivity index (χ0v) is 23.5. The van der Waals surface area contributed by atoms with Gasteiger partial charge in [-0.1, -0.05) is 32.8 Å². The van der Waals surface area contributed by atoms with E-state index in [-0.39, 0.29) is 5.04 Å². The van der Waals surface area contributed by atoms with Gasteiger partial charge in [0.25, 0.3) is 0 Å². The van der Waals surface area contributed by atoms with Crippen LogP contribution in [-0.4, -0.2) is 71.2 Å². The molecule has 0 aliphatic carbocycles. The van der Waals surface area contributed by atoms with E-state index in [1.54, 1.807) is 14.2 Å². The van der Waals surface area contributed by atoms with Crippen molar-refractivity contribution in [2.45, 2.75) is 115 Å². The van der Waals surface area contributed by atoms with Gasteiger partial charge >= 0.3 is 7.12 Å². The molecule has 0 unspecified atom stereocenters. The zero-order valence-electron chi connectivity index (χ0n) is 22.5. The maximum Gasteiger partial charge on any atom is 0.486 e. The van der Waals surface area contributed by atoms with Crippen molar-refractivity contribution in [3.8, 4) is 0 Å². The molecular formula is C23H45BO7Si. The first-order valence-corrected chi connectivity index (χ1v) is 14.4. The third-order valence-electron chi connectivity index (χ3n) is 7.85. The van der Waals surface area contributed by atoms with E-state index in [1.165, 1.54) is 0 Å². The van der Waals surface area contributed by atoms with Crippen LogP contribution in [0.25, 0.3) is 0 Å². The third-order valence-corrected chi connectivity index (χ3v) is 12.4. The van der Waals surface area contributed by atoms with Crippen molar-refractivity contribution in [3.63, 3.8) is 0 Å². The molecule has 2 aliphatic rings. The van der Waals surface area contributed by atoms with Crippen molar-refractivity contribution in [3.05, 3.63) is 12.1 Å². The molecule has 0 radical (unpaired) electrons. The summed E-state index contributed by atoms with van der Waals surface area (Å²) in [5, 5.41) is 0.0855. The molecule has 7 nitrogen and oxygen atoms in total. The Morgan fingerprint density at radius 3 is 1.78 bits per heavy atom. The van der Waals surface area contributed by atoms with Gasteiger partial charge in [0, 0.05) is 14.2 Å². The molecule has 0 aromatic heterocycles. The van der Waals surface area contributed by atoms with Crippen LogP contribution in [0.15, 0.2) is 12.1 Å². The fourth-order valence-electron chi connectivity index (χ4n) is 3.34. The van der Waals surface area contributed by atoms with Crippen LogP contribution in [0.1, 0.15) is 62.3 Å². The van der Waals surface area contributed by atoms with Gasteiger partial charge in [0.1, 0.15) is 12.2 Å². The predicted octanol–water partition coefficient (Wildman–Crippen LogP) is 4.71. The number of ether oxygens (including phenoxy) is 4. The minimum Gasteiger partial charge on any atom is -0.414 e. The second-order valence-corrected chi connectivity index (χ2v) is 16.4. The first kappa shape index (κ1) is 28.0. The normalized spacial score (nSPS) is 35.6. The Balaban J connectivity index is 2.27. The molecule has 0 aromatic rings. The van der Waals surface area contributed by atoms with Gasteiger partial charge < -0.3 is 32.7 Å². The van der Waals surface area contributed by atoms with Crippen molar-refractivity contribution in [1.29, 1.82) is 0 Å². The first-order chi connectivity index (χ1) is 14.3. The van der Waals surface area contributed by atoms with Gasteiger partial charge in [0.05, 0.1) is 17.8 Å². The van der Waals surface area contributed by atoms with E-state index in [4.69, 9.17) is 32.7 Å². The third kappa shape index (κ3) is 5.35. The topological polar surface area (TPSA) is 64.6 Å². The van der Waals surface area contributed by atoms with Gasteiger partial charge in [-0.15, -0.1) is 0 Å². The van der Waals surface area contributed by atoms with Crippen LogP contribution in [-0.2, 0) is 32.7 Å². The van der Waals surface area contributed by atoms with Crippen LogP contribution < -0.4 is 0 Å². The van der Waals surface area contributed by atoms with Crippen LogP contribution in [0.5, 0.6) is 0 Å². The van der Waals surface area contributed by atoms with Gasteiger partial charge in [-0.25, -0.2) is 0 Å². The van der Waals surface area contributed by atoms with Crippen molar-refractivity contribution >= 4 is 15.4 Å². The molecule has 2 heterocycles. The lowest BCUT2D eigenvalue weighted by Gasteiger charge is -2.52. The highest BCUT2D eigenvalue weighted by Gasteiger charge is 2.57. The Kier molecular flexibility index (Phi) is 7.94. The first-order valence-electron chi connectivity index (χ1n) is 11.5. The molecule has 186 valence electrons. The number of methoxy groups -OCH3 is 2. The molecule has 2 rings (SSSR count). The molecule has 2 saturated heterocycles. The van der Waals surface area contributed by atoms with E-state index in [2.05, 4.69) is 33.9 Å². The fraction of sp³-hybridized carbons (Fsp3) is 0.913. The monoisotopic (exact) mass is 472 g/mol. The Labute approximate surface area is 196 Å². The Morgan fingerprint density at radius 2 is 1.34 bits per heavy atom. The Morgan fingerprint density at radius 1 is 0.875 bits per heavy atom. The van der Waals surface area contributed by atoms with Crippen molar-refractivity contribution < 1.29 is 32.7 Å². The standard InChI is InChI=1S/C23H45BO7Si/c1-19(2,3)32(12,13)27-16-18-17(28-22(8,25-10)23(9,26-11)29-18)14-15-24-30-20(4,5)21(6,7)31-24/h14-15,17-18H,16H2,1-13H3/b15-14+/t17-,18-,22+,23+/m0/s1. The molecule has 0 bridgehead atoms. The number of hydrogen-bond acceptors (Lipinski definition) is 7. The maximum absolute atomic E-state index is 6.48. The summed E-state index contributed by atoms with van der Waals surface area (Å²) in [6.45, 7) is 23.2. The molecule has 4 atom stereocenters. The van der Waals surface area contributed by atoms with E-state index in [1.807, 2.05) is 53.6 Å². The van der Waals surface area contributed by atoms with Gasteiger partial charge in [0.15, 0.2) is 8.32 Å². The maximum atomic E-state index is 6.48. The quantitative estimate of drug-likeness (QED) is 0.498. The molecule has 2 fully saturated rings. The highest BCUT2D eigenvalue weighted by molar-refractivity contribution is 6.74. The summed E-state index contributed by atoms with van der Waals surface area (Å²) in [7, 11) is 0.712. The summed E-state index contributed by atoms with van der Waals surface area (Å²) in [4.78, 5) is 0. The average molecular weight is 473 g/mol. The van der Waals surface area contributed by atoms with Crippen LogP contribution in [0.4, 0.5) is 0 Å². The molecular weight excluding hydrogens is 427 g/mol. The van der Waals surface area contributed by atoms with Crippen LogP contribution >= 0.6 is 0 Å². The molecule has 0 amide bonds. The highest BCUT2D eigenvalue weighted by Crippen LogP contribution is 2.42. The number of rotatable bonds is 7. The van der Waals surface area contributed by atoms with Gasteiger partial charge in [-0.05, 0) is 59.7 Å². The second kappa shape index (κ2) is 9.07. The summed E-state index contributed by atoms with van der Waals surface area (Å²) in [6, 6.07) is 0. The van der Waals surface area contributed by atoms with Crippen LogP contribution in [0, 0.1) is 0 Å². The summed E-state index contributed by atoms with van der Waals surface area (Å²) in [6.07, 6.45) is 1.09. The smallest absolute Gasteiger partial charge is 0.414 e. The van der Waals surface area contributed by atoms with Gasteiger partial charge in [-0.3, -0.25) is 0 Å². The van der Waals surface area contributed by atoms with Crippen molar-refractivity contribution in [2.24, 2.45) is 0 Å². The molecule has 2 aliphatic heterocycles. The average Bonchev–Trinajstić information content (AvgIpc) is 2.86. The van der Waals surface area contributed by atoms with E-state index >= 15 is 0 Å². The molecule has 0 N–H and O–H groups in total. The minimum absolute atomic E-state index is 0.0855. The fourth-order valence-corrected chi connectivity index (χ4v) is 4.35. The molecule has 32 heavy (non-hydrogen) atoms. The molecule has 0 aromatic carbocycles. The van der Waals surface area contributed by atoms with E-state index < -0.39 is 50.4 Å². The SMILES string of the molecule is CO[C@]1(C)O[C@@H](/C=C/B2OC(C)(C)C(C)(C)O2)[C@H](CO[Si](C)(C)C(C)(C)C)O[C@@]1(C)OC. The summed E-state index contributed by atoms with van der Waals surface area (Å²) >= 11 is 0. The molecule has 0 spiro atoms. The highest BCUT2D eigenvalue weighted by atomic mass is 28.4. The van der Waals surface area contributed by atoms with Gasteiger partial charge in [0.2, 0.25) is 11.6 Å². The Hall–Kier alpha value is -0.258. The lowest BCUT2D eigenvalue weighted by atomic mass is 9.88. The van der Waals surface area contributed by atoms with E-state index in [0.717, 1.165) is 0 Å². The zero-order chi connectivity index (χ0) is 24.8. The summed E-state index contributed by atoms with van der Waals surface area (Å²) in [5.41, 5.74) is -0.821. The Bertz CT molecular complexity index is 674. The number of hydrogen-bond donors (Lipinski definition) is 0. The molecule has 9 heteroatoms. The molecule has 0 saturated carbocycles. The van der Waals surface area contributed by atoms with Crippen LogP contribution in [0.3, 0.4) is 0 Å². The summed E-state index contributed by atoms with van der Waals surface area (Å²) in [5.74, 6) is -0.326. The van der Waals surface area contributed by atoms with E-state index in [0.29, 0.717) is 6.61 Å². The minimum atomic E-state index is -1.99. The van der Waals surface area contributed by atoms with Crippen LogP contribution in [0.2, 0.25) is 18.1 Å². The lowest BCUT2D eigenvalue weighted by Crippen LogP contribution is -2.66. The second-order valence-electron chi connectivity index (χ2n) is 11.6.